The van der Waals surface area contributed by atoms with E-state index in [1.165, 1.54) is 38.5 Å². The first-order valence-corrected chi connectivity index (χ1v) is 9.26. The number of hydrogen-bond acceptors (Lipinski definition) is 2. The Hall–Kier alpha value is -0.0400. The summed E-state index contributed by atoms with van der Waals surface area (Å²) < 4.78 is 5.56. The van der Waals surface area contributed by atoms with Gasteiger partial charge in [0.25, 0.3) is 0 Å². The van der Waals surface area contributed by atoms with Crippen molar-refractivity contribution in [1.29, 1.82) is 0 Å². The van der Waals surface area contributed by atoms with Gasteiger partial charge in [0.1, 0.15) is 0 Å². The van der Waals surface area contributed by atoms with E-state index in [0.717, 1.165) is 50.6 Å². The summed E-state index contributed by atoms with van der Waals surface area (Å²) in [4.78, 5) is 6.87. The van der Waals surface area contributed by atoms with E-state index >= 15 is 0 Å². The number of rotatable bonds is 6. The van der Waals surface area contributed by atoms with Crippen LogP contribution >= 0.6 is 24.0 Å². The molecular formula is C18H36IN3O. The molecule has 23 heavy (non-hydrogen) atoms. The average Bonchev–Trinajstić information content (AvgIpc) is 2.98. The van der Waals surface area contributed by atoms with Crippen LogP contribution in [-0.4, -0.2) is 50.8 Å². The van der Waals surface area contributed by atoms with Crippen LogP contribution in [0.5, 0.6) is 0 Å². The average molecular weight is 437 g/mol. The number of hydrogen-bond donors (Lipinski definition) is 1. The Morgan fingerprint density at radius 3 is 2.78 bits per heavy atom. The number of ether oxygens (including phenoxy) is 1. The van der Waals surface area contributed by atoms with Gasteiger partial charge in [-0.1, -0.05) is 26.2 Å². The van der Waals surface area contributed by atoms with Crippen molar-refractivity contribution in [3.8, 4) is 0 Å². The van der Waals surface area contributed by atoms with Crippen molar-refractivity contribution >= 4 is 29.9 Å². The smallest absolute Gasteiger partial charge is 0.193 e. The number of halogens is 1. The van der Waals surface area contributed by atoms with Crippen LogP contribution in [0, 0.1) is 17.8 Å². The van der Waals surface area contributed by atoms with E-state index in [1.807, 2.05) is 7.05 Å². The zero-order valence-electron chi connectivity index (χ0n) is 15.2. The van der Waals surface area contributed by atoms with Crippen molar-refractivity contribution in [3.05, 3.63) is 0 Å². The summed E-state index contributed by atoms with van der Waals surface area (Å²) in [7, 11) is 1.90. The molecule has 1 heterocycles. The lowest BCUT2D eigenvalue weighted by Crippen LogP contribution is -2.41. The van der Waals surface area contributed by atoms with Crippen LogP contribution in [0.4, 0.5) is 0 Å². The van der Waals surface area contributed by atoms with E-state index in [2.05, 4.69) is 29.1 Å². The first kappa shape index (κ1) is 21.0. The van der Waals surface area contributed by atoms with Crippen LogP contribution < -0.4 is 5.32 Å². The molecular weight excluding hydrogens is 401 g/mol. The molecule has 1 aliphatic heterocycles. The highest BCUT2D eigenvalue weighted by Gasteiger charge is 2.25. The van der Waals surface area contributed by atoms with Crippen LogP contribution in [0.25, 0.3) is 0 Å². The van der Waals surface area contributed by atoms with Crippen LogP contribution in [0.1, 0.15) is 52.4 Å². The maximum absolute atomic E-state index is 5.56. The normalized spacial score (nSPS) is 28.6. The molecule has 0 aromatic carbocycles. The molecule has 4 nitrogen and oxygen atoms in total. The van der Waals surface area contributed by atoms with Crippen molar-refractivity contribution in [3.63, 3.8) is 0 Å². The molecule has 2 rings (SSSR count). The quantitative estimate of drug-likeness (QED) is 0.391. The van der Waals surface area contributed by atoms with Gasteiger partial charge in [0, 0.05) is 39.2 Å². The SMILES string of the molecule is CCOCC1CCN(C(=NC)NCCC2CCCC(C)C2)C1.I. The van der Waals surface area contributed by atoms with E-state index in [-0.39, 0.29) is 24.0 Å². The van der Waals surface area contributed by atoms with Gasteiger partial charge in [-0.25, -0.2) is 0 Å². The third kappa shape index (κ3) is 7.16. The molecule has 0 radical (unpaired) electrons. The summed E-state index contributed by atoms with van der Waals surface area (Å²) in [5.41, 5.74) is 0. The van der Waals surface area contributed by atoms with Gasteiger partial charge in [0.05, 0.1) is 6.61 Å². The summed E-state index contributed by atoms with van der Waals surface area (Å²) in [6.07, 6.45) is 8.21. The van der Waals surface area contributed by atoms with E-state index in [0.29, 0.717) is 5.92 Å². The number of nitrogens with zero attached hydrogens (tertiary/aromatic N) is 2. The van der Waals surface area contributed by atoms with Crippen molar-refractivity contribution in [2.24, 2.45) is 22.7 Å². The van der Waals surface area contributed by atoms with E-state index < -0.39 is 0 Å². The number of guanidine groups is 1. The summed E-state index contributed by atoms with van der Waals surface area (Å²) >= 11 is 0. The minimum Gasteiger partial charge on any atom is -0.381 e. The minimum absolute atomic E-state index is 0. The lowest BCUT2D eigenvalue weighted by molar-refractivity contribution is 0.114. The van der Waals surface area contributed by atoms with Gasteiger partial charge >= 0.3 is 0 Å². The summed E-state index contributed by atoms with van der Waals surface area (Å²) in [5, 5.41) is 3.59. The minimum atomic E-state index is 0. The van der Waals surface area contributed by atoms with Gasteiger partial charge in [-0.15, -0.1) is 24.0 Å². The summed E-state index contributed by atoms with van der Waals surface area (Å²) in [6.45, 7) is 9.45. The highest BCUT2D eigenvalue weighted by molar-refractivity contribution is 14.0. The highest BCUT2D eigenvalue weighted by atomic mass is 127. The second-order valence-electron chi connectivity index (χ2n) is 7.16. The van der Waals surface area contributed by atoms with Gasteiger partial charge in [-0.3, -0.25) is 4.99 Å². The lowest BCUT2D eigenvalue weighted by Gasteiger charge is -2.27. The molecule has 2 fully saturated rings. The second kappa shape index (κ2) is 11.5. The van der Waals surface area contributed by atoms with Gasteiger partial charge in [-0.05, 0) is 38.0 Å². The molecule has 0 aromatic heterocycles. The third-order valence-corrected chi connectivity index (χ3v) is 5.24. The monoisotopic (exact) mass is 437 g/mol. The lowest BCUT2D eigenvalue weighted by atomic mass is 9.81. The van der Waals surface area contributed by atoms with E-state index in [4.69, 9.17) is 4.74 Å². The summed E-state index contributed by atoms with van der Waals surface area (Å²) in [5.74, 6) is 3.59. The molecule has 3 unspecified atom stereocenters. The van der Waals surface area contributed by atoms with Gasteiger partial charge in [0.2, 0.25) is 0 Å². The Balaban J connectivity index is 0.00000264. The maximum Gasteiger partial charge on any atom is 0.193 e. The number of nitrogens with one attached hydrogen (secondary N) is 1. The van der Waals surface area contributed by atoms with Crippen molar-refractivity contribution < 1.29 is 4.74 Å². The zero-order valence-corrected chi connectivity index (χ0v) is 17.6. The predicted molar refractivity (Wildman–Crippen MR) is 109 cm³/mol. The standard InChI is InChI=1S/C18H35N3O.HI/c1-4-22-14-17-9-11-21(13-17)18(19-3)20-10-8-16-7-5-6-15(2)12-16;/h15-17H,4-14H2,1-3H3,(H,19,20);1H. The molecule has 0 aromatic rings. The second-order valence-corrected chi connectivity index (χ2v) is 7.16. The number of aliphatic imine (C=N–C) groups is 1. The van der Waals surface area contributed by atoms with Gasteiger partial charge in [0.15, 0.2) is 5.96 Å². The van der Waals surface area contributed by atoms with E-state index in [9.17, 15) is 0 Å². The largest absolute Gasteiger partial charge is 0.381 e. The maximum atomic E-state index is 5.56. The Labute approximate surface area is 159 Å². The van der Waals surface area contributed by atoms with Crippen LogP contribution in [0.3, 0.4) is 0 Å². The fourth-order valence-corrected chi connectivity index (χ4v) is 3.99. The first-order valence-electron chi connectivity index (χ1n) is 9.26. The van der Waals surface area contributed by atoms with Gasteiger partial charge < -0.3 is 15.0 Å². The molecule has 1 aliphatic carbocycles. The molecule has 0 bridgehead atoms. The highest BCUT2D eigenvalue weighted by Crippen LogP contribution is 2.30. The van der Waals surface area contributed by atoms with Crippen LogP contribution in [-0.2, 0) is 4.74 Å². The van der Waals surface area contributed by atoms with Gasteiger partial charge in [-0.2, -0.15) is 0 Å². The molecule has 2 aliphatic rings. The molecule has 136 valence electrons. The fraction of sp³-hybridized carbons (Fsp3) is 0.944. The third-order valence-electron chi connectivity index (χ3n) is 5.24. The Kier molecular flexibility index (Phi) is 10.5. The topological polar surface area (TPSA) is 36.9 Å². The zero-order chi connectivity index (χ0) is 15.8. The molecule has 1 saturated heterocycles. The first-order chi connectivity index (χ1) is 10.7. The number of likely N-dealkylation sites (tertiary alicyclic amines) is 1. The summed E-state index contributed by atoms with van der Waals surface area (Å²) in [6, 6.07) is 0. The molecule has 5 heteroatoms. The van der Waals surface area contributed by atoms with Crippen molar-refractivity contribution in [2.75, 3.05) is 39.9 Å². The fourth-order valence-electron chi connectivity index (χ4n) is 3.99. The Morgan fingerprint density at radius 1 is 1.26 bits per heavy atom. The van der Waals surface area contributed by atoms with Crippen molar-refractivity contribution in [1.82, 2.24) is 10.2 Å². The molecule has 0 spiro atoms. The van der Waals surface area contributed by atoms with Crippen LogP contribution in [0.2, 0.25) is 0 Å². The Morgan fingerprint density at radius 2 is 2.09 bits per heavy atom. The molecule has 0 amide bonds. The predicted octanol–water partition coefficient (Wildman–Crippen LogP) is 3.75. The van der Waals surface area contributed by atoms with Crippen molar-refractivity contribution in [2.45, 2.75) is 52.4 Å². The molecule has 1 saturated carbocycles. The molecule has 3 atom stereocenters. The van der Waals surface area contributed by atoms with Crippen LogP contribution in [0.15, 0.2) is 4.99 Å². The molecule has 1 N–H and O–H groups in total. The Bertz CT molecular complexity index is 351. The van der Waals surface area contributed by atoms with E-state index in [1.54, 1.807) is 0 Å².